The smallest absolute Gasteiger partial charge is 0.0721 e. The van der Waals surface area contributed by atoms with E-state index in [1.165, 1.54) is 12.8 Å². The summed E-state index contributed by atoms with van der Waals surface area (Å²) in [6.07, 6.45) is 2.68. The van der Waals surface area contributed by atoms with E-state index in [-0.39, 0.29) is 6.10 Å². The number of rotatable bonds is 8. The standard InChI is InChI=1S/C14H22ClNO/c1-3-4-8-16-10-12(2)17-11-13-6-5-7-14(15)9-13/h5-7,9,12,16H,3-4,8,10-11H2,1-2H3. The maximum atomic E-state index is 5.91. The van der Waals surface area contributed by atoms with Gasteiger partial charge >= 0.3 is 0 Å². The van der Waals surface area contributed by atoms with Crippen molar-refractivity contribution in [2.24, 2.45) is 0 Å². The lowest BCUT2D eigenvalue weighted by atomic mass is 10.2. The lowest BCUT2D eigenvalue weighted by molar-refractivity contribution is 0.0533. The third kappa shape index (κ3) is 6.67. The van der Waals surface area contributed by atoms with Crippen LogP contribution in [0.25, 0.3) is 0 Å². The Kier molecular flexibility index (Phi) is 7.25. The lowest BCUT2D eigenvalue weighted by Gasteiger charge is -2.14. The molecule has 1 aromatic rings. The minimum atomic E-state index is 0.228. The summed E-state index contributed by atoms with van der Waals surface area (Å²) in [6, 6.07) is 7.80. The molecule has 2 nitrogen and oxygen atoms in total. The molecule has 1 unspecified atom stereocenters. The first-order chi connectivity index (χ1) is 8.22. The van der Waals surface area contributed by atoms with Crippen LogP contribution in [0.5, 0.6) is 0 Å². The second-order valence-corrected chi connectivity index (χ2v) is 4.75. The SMILES string of the molecule is CCCCNCC(C)OCc1cccc(Cl)c1. The second-order valence-electron chi connectivity index (χ2n) is 4.31. The Morgan fingerprint density at radius 2 is 2.24 bits per heavy atom. The molecule has 0 heterocycles. The zero-order chi connectivity index (χ0) is 12.5. The van der Waals surface area contributed by atoms with Gasteiger partial charge in [0.25, 0.3) is 0 Å². The van der Waals surface area contributed by atoms with Crippen LogP contribution in [0.15, 0.2) is 24.3 Å². The summed E-state index contributed by atoms with van der Waals surface area (Å²) in [5.74, 6) is 0. The average Bonchev–Trinajstić information content (AvgIpc) is 2.32. The largest absolute Gasteiger partial charge is 0.373 e. The molecule has 3 heteroatoms. The molecule has 1 rings (SSSR count). The van der Waals surface area contributed by atoms with Gasteiger partial charge in [0, 0.05) is 11.6 Å². The second kappa shape index (κ2) is 8.51. The van der Waals surface area contributed by atoms with Crippen molar-refractivity contribution in [3.63, 3.8) is 0 Å². The van der Waals surface area contributed by atoms with Gasteiger partial charge in [-0.25, -0.2) is 0 Å². The maximum absolute atomic E-state index is 5.91. The molecule has 0 aliphatic rings. The third-order valence-corrected chi connectivity index (χ3v) is 2.80. The Morgan fingerprint density at radius 3 is 2.94 bits per heavy atom. The van der Waals surface area contributed by atoms with Crippen LogP contribution in [0.1, 0.15) is 32.3 Å². The summed E-state index contributed by atoms with van der Waals surface area (Å²) in [6.45, 7) is 6.88. The number of ether oxygens (including phenoxy) is 1. The molecule has 1 atom stereocenters. The van der Waals surface area contributed by atoms with Crippen molar-refractivity contribution in [3.05, 3.63) is 34.9 Å². The van der Waals surface area contributed by atoms with Gasteiger partial charge in [-0.05, 0) is 37.6 Å². The molecule has 0 amide bonds. The van der Waals surface area contributed by atoms with E-state index in [4.69, 9.17) is 16.3 Å². The van der Waals surface area contributed by atoms with Crippen molar-refractivity contribution in [2.75, 3.05) is 13.1 Å². The van der Waals surface area contributed by atoms with Crippen LogP contribution in [0.4, 0.5) is 0 Å². The fourth-order valence-corrected chi connectivity index (χ4v) is 1.74. The van der Waals surface area contributed by atoms with E-state index < -0.39 is 0 Å². The molecule has 0 bridgehead atoms. The number of benzene rings is 1. The van der Waals surface area contributed by atoms with Gasteiger partial charge in [-0.3, -0.25) is 0 Å². The molecule has 1 aromatic carbocycles. The van der Waals surface area contributed by atoms with Crippen LogP contribution >= 0.6 is 11.6 Å². The summed E-state index contributed by atoms with van der Waals surface area (Å²) in [4.78, 5) is 0. The van der Waals surface area contributed by atoms with Crippen LogP contribution in [0.3, 0.4) is 0 Å². The van der Waals surface area contributed by atoms with Crippen LogP contribution in [0.2, 0.25) is 5.02 Å². The van der Waals surface area contributed by atoms with Gasteiger partial charge in [0.2, 0.25) is 0 Å². The predicted molar refractivity (Wildman–Crippen MR) is 73.5 cm³/mol. The minimum absolute atomic E-state index is 0.228. The first kappa shape index (κ1) is 14.5. The molecule has 0 saturated carbocycles. The molecule has 0 aliphatic carbocycles. The van der Waals surface area contributed by atoms with E-state index in [9.17, 15) is 0 Å². The Morgan fingerprint density at radius 1 is 1.41 bits per heavy atom. The molecule has 0 aliphatic heterocycles. The maximum Gasteiger partial charge on any atom is 0.0721 e. The number of nitrogens with one attached hydrogen (secondary N) is 1. The summed E-state index contributed by atoms with van der Waals surface area (Å²) in [7, 11) is 0. The fourth-order valence-electron chi connectivity index (χ4n) is 1.53. The quantitative estimate of drug-likeness (QED) is 0.717. The normalized spacial score (nSPS) is 12.6. The van der Waals surface area contributed by atoms with Gasteiger partial charge < -0.3 is 10.1 Å². The Hall–Kier alpha value is -0.570. The van der Waals surface area contributed by atoms with Gasteiger partial charge in [-0.2, -0.15) is 0 Å². The first-order valence-corrected chi connectivity index (χ1v) is 6.67. The third-order valence-electron chi connectivity index (χ3n) is 2.56. The van der Waals surface area contributed by atoms with E-state index in [1.807, 2.05) is 24.3 Å². The number of halogens is 1. The Balaban J connectivity index is 2.17. The highest BCUT2D eigenvalue weighted by Gasteiger charge is 2.02. The number of hydrogen-bond acceptors (Lipinski definition) is 2. The van der Waals surface area contributed by atoms with Gasteiger partial charge in [0.05, 0.1) is 12.7 Å². The van der Waals surface area contributed by atoms with Crippen LogP contribution < -0.4 is 5.32 Å². The van der Waals surface area contributed by atoms with E-state index in [0.29, 0.717) is 6.61 Å². The highest BCUT2D eigenvalue weighted by atomic mass is 35.5. The molecule has 0 fully saturated rings. The molecule has 96 valence electrons. The topological polar surface area (TPSA) is 21.3 Å². The molecule has 1 N–H and O–H groups in total. The van der Waals surface area contributed by atoms with Gasteiger partial charge in [0.1, 0.15) is 0 Å². The lowest BCUT2D eigenvalue weighted by Crippen LogP contribution is -2.27. The molecule has 0 radical (unpaired) electrons. The highest BCUT2D eigenvalue weighted by molar-refractivity contribution is 6.30. The molecular formula is C14H22ClNO. The highest BCUT2D eigenvalue weighted by Crippen LogP contribution is 2.11. The van der Waals surface area contributed by atoms with Crippen LogP contribution in [-0.4, -0.2) is 19.2 Å². The van der Waals surface area contributed by atoms with Crippen LogP contribution in [-0.2, 0) is 11.3 Å². The van der Waals surface area contributed by atoms with Crippen molar-refractivity contribution in [1.29, 1.82) is 0 Å². The summed E-state index contributed by atoms with van der Waals surface area (Å²) >= 11 is 5.91. The van der Waals surface area contributed by atoms with Crippen molar-refractivity contribution >= 4 is 11.6 Å². The molecule has 0 saturated heterocycles. The van der Waals surface area contributed by atoms with Crippen molar-refractivity contribution < 1.29 is 4.74 Å². The molecule has 0 aromatic heterocycles. The summed E-state index contributed by atoms with van der Waals surface area (Å²) in [5.41, 5.74) is 1.12. The zero-order valence-corrected chi connectivity index (χ0v) is 11.5. The number of unbranched alkanes of at least 4 members (excludes halogenated alkanes) is 1. The zero-order valence-electron chi connectivity index (χ0n) is 10.7. The van der Waals surface area contributed by atoms with Gasteiger partial charge in [-0.15, -0.1) is 0 Å². The van der Waals surface area contributed by atoms with Crippen LogP contribution in [0, 0.1) is 0 Å². The van der Waals surface area contributed by atoms with E-state index in [1.54, 1.807) is 0 Å². The molecular weight excluding hydrogens is 234 g/mol. The molecule has 0 spiro atoms. The fraction of sp³-hybridized carbons (Fsp3) is 0.571. The van der Waals surface area contributed by atoms with E-state index in [0.717, 1.165) is 23.7 Å². The summed E-state index contributed by atoms with van der Waals surface area (Å²) < 4.78 is 5.74. The Labute approximate surface area is 109 Å². The van der Waals surface area contributed by atoms with Gasteiger partial charge in [-0.1, -0.05) is 37.1 Å². The average molecular weight is 256 g/mol. The summed E-state index contributed by atoms with van der Waals surface area (Å²) in [5, 5.41) is 4.15. The first-order valence-electron chi connectivity index (χ1n) is 6.29. The van der Waals surface area contributed by atoms with Crippen molar-refractivity contribution in [2.45, 2.75) is 39.4 Å². The molecule has 17 heavy (non-hydrogen) atoms. The van der Waals surface area contributed by atoms with E-state index >= 15 is 0 Å². The van der Waals surface area contributed by atoms with E-state index in [2.05, 4.69) is 19.2 Å². The predicted octanol–water partition coefficient (Wildman–Crippen LogP) is 3.63. The van der Waals surface area contributed by atoms with Crippen molar-refractivity contribution in [3.8, 4) is 0 Å². The number of hydrogen-bond donors (Lipinski definition) is 1. The minimum Gasteiger partial charge on any atom is -0.373 e. The van der Waals surface area contributed by atoms with Crippen molar-refractivity contribution in [1.82, 2.24) is 5.32 Å². The monoisotopic (exact) mass is 255 g/mol. The van der Waals surface area contributed by atoms with Gasteiger partial charge in [0.15, 0.2) is 0 Å². The Bertz CT molecular complexity index is 317.